The molecule has 0 radical (unpaired) electrons. The van der Waals surface area contributed by atoms with Crippen LogP contribution in [-0.2, 0) is 19.2 Å². The number of hydrogen-bond acceptors (Lipinski definition) is 6. The summed E-state index contributed by atoms with van der Waals surface area (Å²) in [5.74, 6) is -3.62. The Balaban J connectivity index is 1.33. The summed E-state index contributed by atoms with van der Waals surface area (Å²) in [5.41, 5.74) is 2.04. The molecular formula is C34H22Cl4N4O4. The highest BCUT2D eigenvalue weighted by atomic mass is 35.5. The zero-order valence-electron chi connectivity index (χ0n) is 23.6. The van der Waals surface area contributed by atoms with E-state index >= 15 is 0 Å². The number of imide groups is 2. The monoisotopic (exact) mass is 690 g/mol. The minimum Gasteiger partial charge on any atom is -0.274 e. The number of carbonyl (C=O) groups excluding carboxylic acids is 4. The third kappa shape index (κ3) is 4.29. The molecule has 6 unspecified atom stereocenters. The van der Waals surface area contributed by atoms with Crippen LogP contribution in [0.3, 0.4) is 0 Å². The van der Waals surface area contributed by atoms with Gasteiger partial charge in [0.05, 0.1) is 35.3 Å². The van der Waals surface area contributed by atoms with Crippen LogP contribution < -0.4 is 9.80 Å². The number of hydrogen-bond donors (Lipinski definition) is 0. The van der Waals surface area contributed by atoms with Gasteiger partial charge < -0.3 is 0 Å². The van der Waals surface area contributed by atoms with Crippen LogP contribution in [0, 0.1) is 11.8 Å². The van der Waals surface area contributed by atoms with Gasteiger partial charge in [-0.05, 0) is 71.8 Å². The Morgan fingerprint density at radius 1 is 0.413 bits per heavy atom. The molecule has 230 valence electrons. The lowest BCUT2D eigenvalue weighted by Crippen LogP contribution is -2.50. The van der Waals surface area contributed by atoms with E-state index in [9.17, 15) is 19.2 Å². The van der Waals surface area contributed by atoms with Crippen molar-refractivity contribution in [1.29, 1.82) is 0 Å². The highest BCUT2D eigenvalue weighted by molar-refractivity contribution is 6.33. The SMILES string of the molecule is O=C1C2C(C(=O)N1c1cccc(Cl)c1)N1C(c3ccc(Cl)cc3)C3C(=O)N(c4cccc(Cl)c4)C(=O)C3N1C2c1ccc(Cl)cc1. The second-order valence-electron chi connectivity index (χ2n) is 11.7. The largest absolute Gasteiger partial charge is 0.274 e. The summed E-state index contributed by atoms with van der Waals surface area (Å²) in [5, 5.41) is 5.30. The Hall–Kier alpha value is -3.76. The molecule has 4 aliphatic rings. The van der Waals surface area contributed by atoms with E-state index in [-0.39, 0.29) is 0 Å². The molecule has 0 aromatic heterocycles. The Bertz CT molecular complexity index is 1810. The maximum Gasteiger partial charge on any atom is 0.253 e. The van der Waals surface area contributed by atoms with Crippen LogP contribution in [0.15, 0.2) is 97.1 Å². The molecule has 6 atom stereocenters. The molecule has 12 heteroatoms. The molecule has 0 bridgehead atoms. The first-order valence-corrected chi connectivity index (χ1v) is 16.0. The summed E-state index contributed by atoms with van der Waals surface area (Å²) in [6, 6.07) is 23.5. The van der Waals surface area contributed by atoms with E-state index in [1.165, 1.54) is 0 Å². The fourth-order valence-electron chi connectivity index (χ4n) is 7.56. The predicted molar refractivity (Wildman–Crippen MR) is 175 cm³/mol. The number of rotatable bonds is 4. The van der Waals surface area contributed by atoms with Gasteiger partial charge in [-0.1, -0.05) is 82.8 Å². The van der Waals surface area contributed by atoms with E-state index in [1.807, 2.05) is 0 Å². The van der Waals surface area contributed by atoms with Crippen LogP contribution in [0.5, 0.6) is 0 Å². The van der Waals surface area contributed by atoms with Gasteiger partial charge >= 0.3 is 0 Å². The predicted octanol–water partition coefficient (Wildman–Crippen LogP) is 6.75. The molecule has 46 heavy (non-hydrogen) atoms. The summed E-state index contributed by atoms with van der Waals surface area (Å²) in [4.78, 5) is 60.1. The number of amides is 4. The van der Waals surface area contributed by atoms with Crippen LogP contribution in [-0.4, -0.2) is 45.7 Å². The number of carbonyl (C=O) groups is 4. The zero-order valence-corrected chi connectivity index (χ0v) is 26.7. The second-order valence-corrected chi connectivity index (χ2v) is 13.4. The van der Waals surface area contributed by atoms with Crippen molar-refractivity contribution in [3.63, 3.8) is 0 Å². The smallest absolute Gasteiger partial charge is 0.253 e. The highest BCUT2D eigenvalue weighted by Gasteiger charge is 2.73. The quantitative estimate of drug-likeness (QED) is 0.221. The zero-order chi connectivity index (χ0) is 32.0. The first kappa shape index (κ1) is 29.6. The van der Waals surface area contributed by atoms with Gasteiger partial charge in [0.2, 0.25) is 11.8 Å². The van der Waals surface area contributed by atoms with Crippen LogP contribution in [0.1, 0.15) is 23.2 Å². The molecule has 4 heterocycles. The molecule has 0 N–H and O–H groups in total. The topological polar surface area (TPSA) is 81.2 Å². The first-order valence-electron chi connectivity index (χ1n) is 14.5. The van der Waals surface area contributed by atoms with E-state index in [1.54, 1.807) is 107 Å². The van der Waals surface area contributed by atoms with Gasteiger partial charge in [-0.25, -0.2) is 19.8 Å². The second kappa shape index (κ2) is 10.9. The van der Waals surface area contributed by atoms with Gasteiger partial charge in [0.1, 0.15) is 12.1 Å². The highest BCUT2D eigenvalue weighted by Crippen LogP contribution is 2.60. The molecule has 0 aliphatic carbocycles. The number of fused-ring (bicyclic) bond motifs is 5. The van der Waals surface area contributed by atoms with Crippen molar-refractivity contribution < 1.29 is 19.2 Å². The molecule has 4 aromatic rings. The molecular weight excluding hydrogens is 670 g/mol. The minimum absolute atomic E-state index is 0.347. The summed E-state index contributed by atoms with van der Waals surface area (Å²) < 4.78 is 0. The van der Waals surface area contributed by atoms with Crippen LogP contribution in [0.4, 0.5) is 11.4 Å². The number of anilines is 2. The van der Waals surface area contributed by atoms with Crippen LogP contribution in [0.25, 0.3) is 0 Å². The molecule has 4 amide bonds. The number of hydrazine groups is 1. The van der Waals surface area contributed by atoms with Gasteiger partial charge in [0, 0.05) is 20.1 Å². The summed E-state index contributed by atoms with van der Waals surface area (Å²) in [6.45, 7) is 0. The average molecular weight is 692 g/mol. The van der Waals surface area contributed by atoms with Crippen molar-refractivity contribution in [2.75, 3.05) is 9.80 Å². The van der Waals surface area contributed by atoms with E-state index in [0.29, 0.717) is 42.6 Å². The molecule has 4 fully saturated rings. The van der Waals surface area contributed by atoms with E-state index in [2.05, 4.69) is 0 Å². The molecule has 8 rings (SSSR count). The van der Waals surface area contributed by atoms with E-state index < -0.39 is 59.6 Å². The molecule has 4 aromatic carbocycles. The fourth-order valence-corrected chi connectivity index (χ4v) is 8.18. The normalized spacial score (nSPS) is 27.5. The average Bonchev–Trinajstić information content (AvgIpc) is 3.69. The van der Waals surface area contributed by atoms with Gasteiger partial charge in [-0.3, -0.25) is 19.2 Å². The Kier molecular flexibility index (Phi) is 7.03. The lowest BCUT2D eigenvalue weighted by Gasteiger charge is -2.35. The number of nitrogens with zero attached hydrogens (tertiary/aromatic N) is 4. The lowest BCUT2D eigenvalue weighted by molar-refractivity contribution is -0.136. The molecule has 4 aliphatic heterocycles. The summed E-state index contributed by atoms with van der Waals surface area (Å²) in [7, 11) is 0. The first-order chi connectivity index (χ1) is 22.2. The maximum absolute atomic E-state index is 14.5. The van der Waals surface area contributed by atoms with Gasteiger partial charge in [-0.2, -0.15) is 0 Å². The molecule has 0 saturated carbocycles. The van der Waals surface area contributed by atoms with Crippen molar-refractivity contribution in [3.8, 4) is 0 Å². The molecule has 8 nitrogen and oxygen atoms in total. The Morgan fingerprint density at radius 2 is 0.783 bits per heavy atom. The van der Waals surface area contributed by atoms with Crippen molar-refractivity contribution in [3.05, 3.63) is 128 Å². The Labute approximate surface area is 283 Å². The van der Waals surface area contributed by atoms with Crippen molar-refractivity contribution >= 4 is 81.4 Å². The number of halogens is 4. The fraction of sp³-hybridized carbons (Fsp3) is 0.176. The maximum atomic E-state index is 14.5. The van der Waals surface area contributed by atoms with E-state index in [4.69, 9.17) is 46.4 Å². The van der Waals surface area contributed by atoms with Gasteiger partial charge in [-0.15, -0.1) is 0 Å². The van der Waals surface area contributed by atoms with Crippen LogP contribution >= 0.6 is 46.4 Å². The minimum atomic E-state index is -1.02. The summed E-state index contributed by atoms with van der Waals surface area (Å²) in [6.07, 6.45) is 0. The van der Waals surface area contributed by atoms with Crippen molar-refractivity contribution in [2.24, 2.45) is 11.8 Å². The standard InChI is InChI=1S/C34H22Cl4N4O4/c35-19-11-7-17(8-12-19)27-25-29(33(45)39(31(25)43)23-5-1-3-21(37)15-23)41-28(18-9-13-20(36)14-10-18)26-30(42(27)41)34(46)40(32(26)44)24-6-2-4-22(38)16-24/h1-16,25-30H. The number of benzene rings is 4. The van der Waals surface area contributed by atoms with Gasteiger partial charge in [0.15, 0.2) is 0 Å². The van der Waals surface area contributed by atoms with Crippen molar-refractivity contribution in [2.45, 2.75) is 24.2 Å². The lowest BCUT2D eigenvalue weighted by atomic mass is 9.84. The van der Waals surface area contributed by atoms with Crippen molar-refractivity contribution in [1.82, 2.24) is 10.0 Å². The third-order valence-corrected chi connectivity index (χ3v) is 10.3. The summed E-state index contributed by atoms with van der Waals surface area (Å²) >= 11 is 25.1. The Morgan fingerprint density at radius 3 is 1.13 bits per heavy atom. The molecule has 0 spiro atoms. The molecule has 4 saturated heterocycles. The van der Waals surface area contributed by atoms with E-state index in [0.717, 1.165) is 9.80 Å². The van der Waals surface area contributed by atoms with Crippen LogP contribution in [0.2, 0.25) is 20.1 Å². The third-order valence-electron chi connectivity index (χ3n) is 9.28. The van der Waals surface area contributed by atoms with Gasteiger partial charge in [0.25, 0.3) is 11.8 Å².